The van der Waals surface area contributed by atoms with Gasteiger partial charge in [0.25, 0.3) is 0 Å². The van der Waals surface area contributed by atoms with Gasteiger partial charge in [-0.25, -0.2) is 4.79 Å². The molecule has 6 heteroatoms. The molecule has 0 saturated carbocycles. The van der Waals surface area contributed by atoms with Crippen LogP contribution >= 0.6 is 23.5 Å². The summed E-state index contributed by atoms with van der Waals surface area (Å²) in [5.74, 6) is 2.42. The molecule has 23 heavy (non-hydrogen) atoms. The Bertz CT molecular complexity index is 546. The zero-order valence-electron chi connectivity index (χ0n) is 13.7. The van der Waals surface area contributed by atoms with Crippen molar-refractivity contribution in [2.75, 3.05) is 29.9 Å². The van der Waals surface area contributed by atoms with Crippen molar-refractivity contribution in [3.8, 4) is 0 Å². The number of nitrogens with zero attached hydrogens (tertiary/aromatic N) is 1. The van der Waals surface area contributed by atoms with Crippen molar-refractivity contribution in [2.24, 2.45) is 0 Å². The first-order valence-electron chi connectivity index (χ1n) is 8.26. The lowest BCUT2D eigenvalue weighted by Crippen LogP contribution is -2.40. The first-order chi connectivity index (χ1) is 11.1. The maximum absolute atomic E-state index is 12.2. The third-order valence-electron chi connectivity index (χ3n) is 4.32. The SMILES string of the molecule is CC(C)N1CCC(NC(=O)Nc2cccc(C3SCCS3)c2)C1. The normalized spacial score (nSPS) is 22.7. The van der Waals surface area contributed by atoms with Crippen molar-refractivity contribution in [2.45, 2.75) is 36.9 Å². The van der Waals surface area contributed by atoms with Gasteiger partial charge < -0.3 is 10.6 Å². The van der Waals surface area contributed by atoms with Crippen LogP contribution in [0.1, 0.15) is 30.4 Å². The van der Waals surface area contributed by atoms with Crippen molar-refractivity contribution in [3.05, 3.63) is 29.8 Å². The molecule has 0 aliphatic carbocycles. The Morgan fingerprint density at radius 1 is 1.30 bits per heavy atom. The maximum atomic E-state index is 12.2. The van der Waals surface area contributed by atoms with Crippen LogP contribution in [0.15, 0.2) is 24.3 Å². The average molecular weight is 352 g/mol. The minimum absolute atomic E-state index is 0.0931. The van der Waals surface area contributed by atoms with E-state index in [2.05, 4.69) is 41.5 Å². The smallest absolute Gasteiger partial charge is 0.319 e. The van der Waals surface area contributed by atoms with Crippen molar-refractivity contribution in [3.63, 3.8) is 0 Å². The number of benzene rings is 1. The van der Waals surface area contributed by atoms with E-state index in [0.717, 1.165) is 25.2 Å². The fourth-order valence-electron chi connectivity index (χ4n) is 3.04. The van der Waals surface area contributed by atoms with Gasteiger partial charge in [0.2, 0.25) is 0 Å². The number of carbonyl (C=O) groups excluding carboxylic acids is 1. The number of amides is 2. The molecule has 0 bridgehead atoms. The van der Waals surface area contributed by atoms with Crippen molar-refractivity contribution in [1.29, 1.82) is 0 Å². The Hall–Kier alpha value is -0.850. The summed E-state index contributed by atoms with van der Waals surface area (Å²) in [5.41, 5.74) is 2.17. The molecule has 2 heterocycles. The topological polar surface area (TPSA) is 44.4 Å². The first-order valence-corrected chi connectivity index (χ1v) is 10.4. The van der Waals surface area contributed by atoms with Gasteiger partial charge in [-0.15, -0.1) is 23.5 Å². The molecule has 126 valence electrons. The number of nitrogens with one attached hydrogen (secondary N) is 2. The number of thioether (sulfide) groups is 2. The van der Waals surface area contributed by atoms with Gasteiger partial charge in [-0.1, -0.05) is 12.1 Å². The summed E-state index contributed by atoms with van der Waals surface area (Å²) in [7, 11) is 0. The Balaban J connectivity index is 1.53. The van der Waals surface area contributed by atoms with Crippen LogP contribution in [-0.2, 0) is 0 Å². The summed E-state index contributed by atoms with van der Waals surface area (Å²) in [4.78, 5) is 14.6. The van der Waals surface area contributed by atoms with Crippen molar-refractivity contribution >= 4 is 35.2 Å². The second kappa shape index (κ2) is 7.81. The molecular weight excluding hydrogens is 326 g/mol. The maximum Gasteiger partial charge on any atom is 0.319 e. The number of urea groups is 1. The monoisotopic (exact) mass is 351 g/mol. The fourth-order valence-corrected chi connectivity index (χ4v) is 5.88. The van der Waals surface area contributed by atoms with Crippen LogP contribution in [0.5, 0.6) is 0 Å². The third-order valence-corrected chi connectivity index (χ3v) is 7.43. The third kappa shape index (κ3) is 4.58. The van der Waals surface area contributed by atoms with Gasteiger partial charge in [0.05, 0.1) is 4.58 Å². The second-order valence-corrected chi connectivity index (χ2v) is 9.10. The summed E-state index contributed by atoms with van der Waals surface area (Å²) < 4.78 is 0.509. The van der Waals surface area contributed by atoms with Gasteiger partial charge >= 0.3 is 6.03 Å². The summed E-state index contributed by atoms with van der Waals surface area (Å²) in [6, 6.07) is 8.94. The van der Waals surface area contributed by atoms with E-state index in [-0.39, 0.29) is 12.1 Å². The number of carbonyl (C=O) groups is 1. The van der Waals surface area contributed by atoms with E-state index < -0.39 is 0 Å². The highest BCUT2D eigenvalue weighted by atomic mass is 32.2. The van der Waals surface area contributed by atoms with Crippen LogP contribution in [-0.4, -0.2) is 47.6 Å². The molecule has 2 fully saturated rings. The predicted octanol–water partition coefficient (Wildman–Crippen LogP) is 3.77. The van der Waals surface area contributed by atoms with Crippen LogP contribution in [0, 0.1) is 0 Å². The number of anilines is 1. The number of hydrogen-bond donors (Lipinski definition) is 2. The second-order valence-electron chi connectivity index (χ2n) is 6.37. The molecule has 1 aromatic carbocycles. The summed E-state index contributed by atoms with van der Waals surface area (Å²) >= 11 is 3.96. The first kappa shape index (κ1) is 17.0. The summed E-state index contributed by atoms with van der Waals surface area (Å²) in [6.07, 6.45) is 1.03. The van der Waals surface area contributed by atoms with E-state index in [1.165, 1.54) is 17.1 Å². The minimum atomic E-state index is -0.0931. The van der Waals surface area contributed by atoms with Gasteiger partial charge in [0, 0.05) is 42.4 Å². The molecule has 1 atom stereocenters. The highest BCUT2D eigenvalue weighted by Crippen LogP contribution is 2.45. The van der Waals surface area contributed by atoms with Crippen LogP contribution in [0.4, 0.5) is 10.5 Å². The average Bonchev–Trinajstić information content (AvgIpc) is 3.18. The van der Waals surface area contributed by atoms with E-state index in [9.17, 15) is 4.79 Å². The zero-order valence-corrected chi connectivity index (χ0v) is 15.4. The van der Waals surface area contributed by atoms with E-state index in [0.29, 0.717) is 10.6 Å². The molecule has 3 rings (SSSR count). The molecule has 2 aliphatic heterocycles. The predicted molar refractivity (Wildman–Crippen MR) is 101 cm³/mol. The van der Waals surface area contributed by atoms with Gasteiger partial charge in [-0.2, -0.15) is 0 Å². The molecule has 4 nitrogen and oxygen atoms in total. The van der Waals surface area contributed by atoms with E-state index in [1.807, 2.05) is 35.7 Å². The van der Waals surface area contributed by atoms with E-state index in [1.54, 1.807) is 0 Å². The van der Waals surface area contributed by atoms with Crippen LogP contribution in [0.2, 0.25) is 0 Å². The number of likely N-dealkylation sites (tertiary alicyclic amines) is 1. The Morgan fingerprint density at radius 2 is 2.09 bits per heavy atom. The molecule has 2 saturated heterocycles. The van der Waals surface area contributed by atoms with Gasteiger partial charge in [-0.05, 0) is 38.0 Å². The Morgan fingerprint density at radius 3 is 2.78 bits per heavy atom. The molecule has 2 aliphatic rings. The largest absolute Gasteiger partial charge is 0.334 e. The molecular formula is C17H25N3OS2. The summed E-state index contributed by atoms with van der Waals surface area (Å²) in [5, 5.41) is 6.09. The lowest BCUT2D eigenvalue weighted by Gasteiger charge is -2.20. The van der Waals surface area contributed by atoms with Crippen molar-refractivity contribution in [1.82, 2.24) is 10.2 Å². The zero-order chi connectivity index (χ0) is 16.2. The van der Waals surface area contributed by atoms with Gasteiger partial charge in [-0.3, -0.25) is 4.90 Å². The highest BCUT2D eigenvalue weighted by Gasteiger charge is 2.25. The van der Waals surface area contributed by atoms with Crippen molar-refractivity contribution < 1.29 is 4.79 Å². The molecule has 0 spiro atoms. The number of hydrogen-bond acceptors (Lipinski definition) is 4. The minimum Gasteiger partial charge on any atom is -0.334 e. The highest BCUT2D eigenvalue weighted by molar-refractivity contribution is 8.19. The van der Waals surface area contributed by atoms with E-state index in [4.69, 9.17) is 0 Å². The fraction of sp³-hybridized carbons (Fsp3) is 0.588. The van der Waals surface area contributed by atoms with E-state index >= 15 is 0 Å². The van der Waals surface area contributed by atoms with Crippen LogP contribution in [0.3, 0.4) is 0 Å². The standard InChI is InChI=1S/C17H25N3OS2/c1-12(2)20-7-6-15(11-20)19-17(21)18-14-5-3-4-13(10-14)16-22-8-9-23-16/h3-5,10,12,15-16H,6-9,11H2,1-2H3,(H2,18,19,21). The molecule has 1 unspecified atom stereocenters. The van der Waals surface area contributed by atoms with Gasteiger partial charge in [0.15, 0.2) is 0 Å². The summed E-state index contributed by atoms with van der Waals surface area (Å²) in [6.45, 7) is 6.41. The Kier molecular flexibility index (Phi) is 5.77. The molecule has 0 radical (unpaired) electrons. The lowest BCUT2D eigenvalue weighted by atomic mass is 10.2. The Labute approximate surface area is 147 Å². The van der Waals surface area contributed by atoms with Crippen LogP contribution < -0.4 is 10.6 Å². The molecule has 2 amide bonds. The molecule has 2 N–H and O–H groups in total. The van der Waals surface area contributed by atoms with Gasteiger partial charge in [0.1, 0.15) is 0 Å². The quantitative estimate of drug-likeness (QED) is 0.867. The molecule has 0 aromatic heterocycles. The van der Waals surface area contributed by atoms with Crippen LogP contribution in [0.25, 0.3) is 0 Å². The molecule has 1 aromatic rings. The lowest BCUT2D eigenvalue weighted by molar-refractivity contribution is 0.244. The number of rotatable bonds is 4.